The van der Waals surface area contributed by atoms with Crippen molar-refractivity contribution in [2.75, 3.05) is 6.54 Å². The Hall–Kier alpha value is -4.30. The summed E-state index contributed by atoms with van der Waals surface area (Å²) in [4.78, 5) is 25.2. The predicted octanol–water partition coefficient (Wildman–Crippen LogP) is 5.72. The third-order valence-corrected chi connectivity index (χ3v) is 10.6. The van der Waals surface area contributed by atoms with Gasteiger partial charge in [0, 0.05) is 44.0 Å². The summed E-state index contributed by atoms with van der Waals surface area (Å²) in [6.07, 6.45) is 5.59. The van der Waals surface area contributed by atoms with Crippen molar-refractivity contribution in [1.82, 2.24) is 39.6 Å². The number of hydrogen-bond acceptors (Lipinski definition) is 9. The fourth-order valence-electron chi connectivity index (χ4n) is 6.01. The first-order chi connectivity index (χ1) is 22.2. The lowest BCUT2D eigenvalue weighted by Gasteiger charge is -2.41. The molecule has 5 aromatic rings. The molecule has 0 spiro atoms. The second kappa shape index (κ2) is 13.2. The van der Waals surface area contributed by atoms with Crippen molar-refractivity contribution in [3.63, 3.8) is 0 Å². The van der Waals surface area contributed by atoms with E-state index in [1.165, 1.54) is 0 Å². The molecule has 13 heteroatoms. The molecule has 4 N–H and O–H groups in total. The van der Waals surface area contributed by atoms with Crippen LogP contribution in [0.5, 0.6) is 5.88 Å². The number of carbonyl (C=O) groups is 1. The summed E-state index contributed by atoms with van der Waals surface area (Å²) in [6, 6.07) is 13.6. The van der Waals surface area contributed by atoms with E-state index in [4.69, 9.17) is 4.74 Å². The number of carbonyl (C=O) groups excluding carboxylic acids is 1. The minimum atomic E-state index is -3.39. The molecule has 6 rings (SSSR count). The molecule has 2 atom stereocenters. The minimum absolute atomic E-state index is 0.117. The van der Waals surface area contributed by atoms with Gasteiger partial charge in [-0.3, -0.25) is 13.9 Å². The second-order valence-corrected chi connectivity index (χ2v) is 13.6. The van der Waals surface area contributed by atoms with Crippen molar-refractivity contribution in [2.24, 2.45) is 0 Å². The van der Waals surface area contributed by atoms with Crippen LogP contribution in [-0.2, 0) is 24.4 Å². The Bertz CT molecular complexity index is 1840. The first-order valence-electron chi connectivity index (χ1n) is 15.5. The Labute approximate surface area is 269 Å². The second-order valence-electron chi connectivity index (χ2n) is 11.6. The molecule has 0 radical (unpaired) electrons. The van der Waals surface area contributed by atoms with Gasteiger partial charge in [-0.1, -0.05) is 36.4 Å². The van der Waals surface area contributed by atoms with Gasteiger partial charge in [0.25, 0.3) is 0 Å². The first kappa shape index (κ1) is 31.7. The van der Waals surface area contributed by atoms with Crippen molar-refractivity contribution in [3.05, 3.63) is 94.7 Å². The van der Waals surface area contributed by atoms with Gasteiger partial charge in [-0.05, 0) is 73.2 Å². The number of nitrogens with zero attached hydrogens (tertiary/aromatic N) is 6. The number of rotatable bonds is 10. The quantitative estimate of drug-likeness (QED) is 0.149. The Balaban J connectivity index is 1.37. The summed E-state index contributed by atoms with van der Waals surface area (Å²) >= 11 is 0. The van der Waals surface area contributed by atoms with Crippen LogP contribution in [-0.4, -0.2) is 61.9 Å². The zero-order valence-electron chi connectivity index (χ0n) is 26.5. The van der Waals surface area contributed by atoms with E-state index in [1.54, 1.807) is 35.0 Å². The molecule has 46 heavy (non-hydrogen) atoms. The van der Waals surface area contributed by atoms with Crippen LogP contribution in [0.2, 0.25) is 0 Å². The van der Waals surface area contributed by atoms with Gasteiger partial charge in [-0.2, -0.15) is 4.31 Å². The highest BCUT2D eigenvalue weighted by molar-refractivity contribution is 8.22. The molecular formula is C33H40N8O4S. The first-order valence-corrected chi connectivity index (χ1v) is 17.0. The standard InChI is InChI=1S/C33H40N8O4S/c1-5-25-20-40(46(43,44)29-8-7-13-36-33(29)45-25)19-24-16-23(10-9-21(24)3)27(17-31(42)37-18-30-34-14-15-35-30)26-11-12-28-32(22(26)4)38-39-41(28)6-2/h7-16,25,27,43-44H,5-6,17-20H2,1-4H3,(H,34,35)(H,37,42)/t25-,27+/m1/s1. The van der Waals surface area contributed by atoms with Crippen LogP contribution >= 0.6 is 10.8 Å². The Morgan fingerprint density at radius 2 is 2.00 bits per heavy atom. The topological polar surface area (TPSA) is 154 Å². The fourth-order valence-corrected chi connectivity index (χ4v) is 7.58. The number of hydrogen-bond donors (Lipinski definition) is 4. The van der Waals surface area contributed by atoms with Crippen LogP contribution in [0.15, 0.2) is 66.0 Å². The van der Waals surface area contributed by atoms with Crippen LogP contribution in [0.4, 0.5) is 0 Å². The number of nitrogens with one attached hydrogen (secondary N) is 2. The molecule has 4 heterocycles. The number of aromatic amines is 1. The van der Waals surface area contributed by atoms with Crippen LogP contribution in [0.25, 0.3) is 11.0 Å². The summed E-state index contributed by atoms with van der Waals surface area (Å²) in [5.41, 5.74) is 6.58. The van der Waals surface area contributed by atoms with Gasteiger partial charge in [-0.15, -0.1) is 15.9 Å². The van der Waals surface area contributed by atoms with E-state index in [-0.39, 0.29) is 41.7 Å². The van der Waals surface area contributed by atoms with Crippen molar-refractivity contribution in [3.8, 4) is 5.88 Å². The number of pyridine rings is 1. The van der Waals surface area contributed by atoms with E-state index in [9.17, 15) is 13.9 Å². The van der Waals surface area contributed by atoms with E-state index in [0.717, 1.165) is 38.9 Å². The molecule has 0 unspecified atom stereocenters. The van der Waals surface area contributed by atoms with Crippen molar-refractivity contribution >= 4 is 27.7 Å². The maximum atomic E-state index is 13.4. The maximum absolute atomic E-state index is 13.4. The molecular weight excluding hydrogens is 604 g/mol. The smallest absolute Gasteiger partial charge is 0.239 e. The van der Waals surface area contributed by atoms with E-state index in [2.05, 4.69) is 42.7 Å². The lowest BCUT2D eigenvalue weighted by Crippen LogP contribution is -2.34. The van der Waals surface area contributed by atoms with Gasteiger partial charge in [-0.25, -0.2) is 14.6 Å². The molecule has 3 aromatic heterocycles. The Kier molecular flexibility index (Phi) is 9.09. The van der Waals surface area contributed by atoms with Crippen molar-refractivity contribution in [2.45, 2.75) is 77.1 Å². The summed E-state index contributed by atoms with van der Waals surface area (Å²) in [5.74, 6) is 0.523. The normalized spacial score (nSPS) is 17.6. The molecule has 12 nitrogen and oxygen atoms in total. The molecule has 0 saturated carbocycles. The number of aromatic nitrogens is 6. The van der Waals surface area contributed by atoms with Crippen molar-refractivity contribution < 1.29 is 18.6 Å². The molecule has 242 valence electrons. The van der Waals surface area contributed by atoms with Crippen LogP contribution < -0.4 is 10.1 Å². The van der Waals surface area contributed by atoms with E-state index >= 15 is 0 Å². The molecule has 1 amide bonds. The van der Waals surface area contributed by atoms with Gasteiger partial charge in [0.15, 0.2) is 0 Å². The molecule has 0 saturated heterocycles. The highest BCUT2D eigenvalue weighted by Gasteiger charge is 2.36. The number of imidazole rings is 1. The number of benzene rings is 2. The zero-order valence-corrected chi connectivity index (χ0v) is 27.3. The number of ether oxygens (including phenoxy) is 1. The number of fused-ring (bicyclic) bond motifs is 2. The average molecular weight is 645 g/mol. The fraction of sp³-hybridized carbons (Fsp3) is 0.364. The lowest BCUT2D eigenvalue weighted by atomic mass is 9.84. The van der Waals surface area contributed by atoms with Gasteiger partial charge in [0.1, 0.15) is 22.3 Å². The summed E-state index contributed by atoms with van der Waals surface area (Å²) < 4.78 is 32.8. The largest absolute Gasteiger partial charge is 0.472 e. The van der Waals surface area contributed by atoms with E-state index < -0.39 is 10.8 Å². The predicted molar refractivity (Wildman–Crippen MR) is 176 cm³/mol. The average Bonchev–Trinajstić information content (AvgIpc) is 3.72. The van der Waals surface area contributed by atoms with Gasteiger partial charge < -0.3 is 15.0 Å². The number of aryl methyl sites for hydroxylation is 3. The minimum Gasteiger partial charge on any atom is -0.472 e. The SMILES string of the molecule is CC[C@@H]1CN(Cc2cc([C@H](CC(=O)NCc3ncc[nH]3)c3ccc4c(nnn4CC)c3C)ccc2C)S(O)(O)c2cccnc2O1. The molecule has 0 bridgehead atoms. The third kappa shape index (κ3) is 6.23. The van der Waals surface area contributed by atoms with Crippen LogP contribution in [0.1, 0.15) is 66.2 Å². The van der Waals surface area contributed by atoms with Crippen LogP contribution in [0.3, 0.4) is 0 Å². The molecule has 2 aromatic carbocycles. The molecule has 1 aliphatic rings. The molecule has 1 aliphatic heterocycles. The Morgan fingerprint density at radius 1 is 1.15 bits per heavy atom. The maximum Gasteiger partial charge on any atom is 0.239 e. The number of amides is 1. The van der Waals surface area contributed by atoms with Gasteiger partial charge in [0.05, 0.1) is 18.6 Å². The van der Waals surface area contributed by atoms with Crippen LogP contribution in [0, 0.1) is 13.8 Å². The lowest BCUT2D eigenvalue weighted by molar-refractivity contribution is -0.121. The Morgan fingerprint density at radius 3 is 2.76 bits per heavy atom. The summed E-state index contributed by atoms with van der Waals surface area (Å²) in [5, 5.41) is 11.8. The third-order valence-electron chi connectivity index (χ3n) is 8.71. The van der Waals surface area contributed by atoms with E-state index in [0.29, 0.717) is 31.9 Å². The molecule has 0 fully saturated rings. The summed E-state index contributed by atoms with van der Waals surface area (Å²) in [7, 11) is -3.39. The number of H-pyrrole nitrogens is 1. The van der Waals surface area contributed by atoms with E-state index in [1.807, 2.05) is 50.6 Å². The zero-order chi connectivity index (χ0) is 32.4. The van der Waals surface area contributed by atoms with Gasteiger partial charge >= 0.3 is 0 Å². The monoisotopic (exact) mass is 644 g/mol. The van der Waals surface area contributed by atoms with Crippen molar-refractivity contribution in [1.29, 1.82) is 0 Å². The summed E-state index contributed by atoms with van der Waals surface area (Å²) in [6.45, 7) is 9.67. The van der Waals surface area contributed by atoms with Gasteiger partial charge in [0.2, 0.25) is 11.8 Å². The molecule has 0 aliphatic carbocycles. The highest BCUT2D eigenvalue weighted by Crippen LogP contribution is 2.57. The highest BCUT2D eigenvalue weighted by atomic mass is 32.3.